The van der Waals surface area contributed by atoms with E-state index in [0.29, 0.717) is 30.2 Å². The van der Waals surface area contributed by atoms with E-state index in [1.165, 1.54) is 16.7 Å². The van der Waals surface area contributed by atoms with Crippen LogP contribution < -0.4 is 4.90 Å². The number of amides is 1. The SMILES string of the molecule is C[C@H]1[C@H]2Cc3ccc(O)cc3[C@@]1(CCN1CCC(N3C(=O)Cc4ccccc43)CC1)CCN2C. The summed E-state index contributed by atoms with van der Waals surface area (Å²) in [7, 11) is 2.28. The number of carbonyl (C=O) groups is 1. The molecule has 2 aromatic carbocycles. The van der Waals surface area contributed by atoms with Crippen molar-refractivity contribution in [3.05, 3.63) is 59.2 Å². The number of piperidine rings is 2. The van der Waals surface area contributed by atoms with Gasteiger partial charge in [-0.05, 0) is 93.0 Å². The molecule has 0 spiro atoms. The van der Waals surface area contributed by atoms with Crippen LogP contribution >= 0.6 is 0 Å². The minimum absolute atomic E-state index is 0.143. The molecule has 3 aliphatic heterocycles. The van der Waals surface area contributed by atoms with Gasteiger partial charge < -0.3 is 19.8 Å². The summed E-state index contributed by atoms with van der Waals surface area (Å²) in [5.41, 5.74) is 5.29. The molecule has 180 valence electrons. The van der Waals surface area contributed by atoms with Crippen LogP contribution in [0.15, 0.2) is 42.5 Å². The van der Waals surface area contributed by atoms with E-state index in [-0.39, 0.29) is 11.3 Å². The van der Waals surface area contributed by atoms with Gasteiger partial charge in [0.1, 0.15) is 5.75 Å². The second-order valence-electron chi connectivity index (χ2n) is 11.2. The molecule has 2 fully saturated rings. The molecule has 0 aromatic heterocycles. The van der Waals surface area contributed by atoms with Gasteiger partial charge in [-0.25, -0.2) is 0 Å². The molecule has 34 heavy (non-hydrogen) atoms. The fourth-order valence-corrected chi connectivity index (χ4v) is 7.59. The third-order valence-electron chi connectivity index (χ3n) is 9.64. The topological polar surface area (TPSA) is 47.0 Å². The number of benzene rings is 2. The highest BCUT2D eigenvalue weighted by molar-refractivity contribution is 6.01. The highest BCUT2D eigenvalue weighted by Gasteiger charge is 2.50. The maximum absolute atomic E-state index is 12.8. The molecule has 4 aliphatic rings. The van der Waals surface area contributed by atoms with Crippen molar-refractivity contribution in [2.75, 3.05) is 38.1 Å². The zero-order chi connectivity index (χ0) is 23.4. The number of para-hydroxylation sites is 1. The van der Waals surface area contributed by atoms with Crippen LogP contribution in [0, 0.1) is 5.92 Å². The molecule has 6 rings (SSSR count). The molecule has 2 aromatic rings. The standard InChI is InChI=1S/C29H37N3O2/c1-20-27-17-21-7-8-24(33)19-25(21)29(20,11-15-30(27)2)12-16-31-13-9-23(10-14-31)32-26-6-4-3-5-22(26)18-28(32)34/h3-8,19-20,23,27,33H,9-18H2,1-2H3/t20-,27+,29+/m0/s1. The van der Waals surface area contributed by atoms with Crippen molar-refractivity contribution in [2.45, 2.75) is 62.9 Å². The lowest BCUT2D eigenvalue weighted by molar-refractivity contribution is -0.118. The van der Waals surface area contributed by atoms with Crippen LogP contribution in [-0.4, -0.2) is 66.1 Å². The minimum Gasteiger partial charge on any atom is -0.508 e. The van der Waals surface area contributed by atoms with E-state index in [2.05, 4.69) is 59.0 Å². The summed E-state index contributed by atoms with van der Waals surface area (Å²) >= 11 is 0. The summed E-state index contributed by atoms with van der Waals surface area (Å²) < 4.78 is 0. The number of rotatable bonds is 4. The van der Waals surface area contributed by atoms with Crippen molar-refractivity contribution in [3.8, 4) is 5.75 Å². The summed E-state index contributed by atoms with van der Waals surface area (Å²) in [5, 5.41) is 10.3. The molecule has 2 bridgehead atoms. The van der Waals surface area contributed by atoms with Crippen LogP contribution in [0.5, 0.6) is 5.75 Å². The lowest BCUT2D eigenvalue weighted by Crippen LogP contribution is -2.58. The summed E-state index contributed by atoms with van der Waals surface area (Å²) in [4.78, 5) is 20.0. The average Bonchev–Trinajstić information content (AvgIpc) is 3.18. The highest BCUT2D eigenvalue weighted by atomic mass is 16.3. The lowest BCUT2D eigenvalue weighted by Gasteiger charge is -2.56. The van der Waals surface area contributed by atoms with Crippen LogP contribution in [0.1, 0.15) is 49.3 Å². The molecule has 0 unspecified atom stereocenters. The first-order valence-corrected chi connectivity index (χ1v) is 13.1. The number of carbonyl (C=O) groups excluding carboxylic acids is 1. The first kappa shape index (κ1) is 22.1. The zero-order valence-corrected chi connectivity index (χ0v) is 20.5. The predicted octanol–water partition coefficient (Wildman–Crippen LogP) is 3.97. The van der Waals surface area contributed by atoms with Crippen LogP contribution in [0.4, 0.5) is 5.69 Å². The Morgan fingerprint density at radius 2 is 1.85 bits per heavy atom. The minimum atomic E-state index is 0.143. The molecular weight excluding hydrogens is 422 g/mol. The van der Waals surface area contributed by atoms with Gasteiger partial charge in [-0.15, -0.1) is 0 Å². The summed E-state index contributed by atoms with van der Waals surface area (Å²) in [6, 6.07) is 15.3. The van der Waals surface area contributed by atoms with Crippen molar-refractivity contribution in [1.82, 2.24) is 9.80 Å². The molecule has 1 N–H and O–H groups in total. The Morgan fingerprint density at radius 1 is 1.06 bits per heavy atom. The Balaban J connectivity index is 1.16. The lowest BCUT2D eigenvalue weighted by atomic mass is 9.56. The number of phenols is 1. The van der Waals surface area contributed by atoms with Crippen molar-refractivity contribution in [2.24, 2.45) is 5.92 Å². The molecular formula is C29H37N3O2. The van der Waals surface area contributed by atoms with Crippen molar-refractivity contribution in [3.63, 3.8) is 0 Å². The number of phenolic OH excluding ortho intramolecular Hbond substituents is 1. The van der Waals surface area contributed by atoms with Gasteiger partial charge in [-0.2, -0.15) is 0 Å². The van der Waals surface area contributed by atoms with E-state index in [9.17, 15) is 9.90 Å². The second-order valence-corrected chi connectivity index (χ2v) is 11.2. The van der Waals surface area contributed by atoms with Crippen LogP contribution in [0.3, 0.4) is 0 Å². The zero-order valence-electron chi connectivity index (χ0n) is 20.5. The molecule has 1 aliphatic carbocycles. The van der Waals surface area contributed by atoms with Crippen LogP contribution in [0.25, 0.3) is 0 Å². The van der Waals surface area contributed by atoms with Crippen LogP contribution in [-0.2, 0) is 23.1 Å². The summed E-state index contributed by atoms with van der Waals surface area (Å²) in [5.74, 6) is 1.25. The van der Waals surface area contributed by atoms with Crippen molar-refractivity contribution in [1.29, 1.82) is 0 Å². The first-order chi connectivity index (χ1) is 16.5. The van der Waals surface area contributed by atoms with E-state index in [4.69, 9.17) is 0 Å². The van der Waals surface area contributed by atoms with Gasteiger partial charge in [0.2, 0.25) is 5.91 Å². The Kier molecular flexibility index (Phi) is 5.45. The van der Waals surface area contributed by atoms with E-state index in [0.717, 1.165) is 64.0 Å². The number of anilines is 1. The van der Waals surface area contributed by atoms with Crippen LogP contribution in [0.2, 0.25) is 0 Å². The summed E-state index contributed by atoms with van der Waals surface area (Å²) in [6.45, 7) is 6.76. The smallest absolute Gasteiger partial charge is 0.231 e. The molecule has 3 heterocycles. The van der Waals surface area contributed by atoms with Gasteiger partial charge in [0.15, 0.2) is 0 Å². The van der Waals surface area contributed by atoms with Gasteiger partial charge >= 0.3 is 0 Å². The quantitative estimate of drug-likeness (QED) is 0.752. The Hall–Kier alpha value is -2.37. The van der Waals surface area contributed by atoms with Gasteiger partial charge in [-0.3, -0.25) is 4.79 Å². The number of likely N-dealkylation sites (N-methyl/N-ethyl adjacent to an activating group) is 1. The first-order valence-electron chi connectivity index (χ1n) is 13.1. The fraction of sp³-hybridized carbons (Fsp3) is 0.552. The van der Waals surface area contributed by atoms with E-state index >= 15 is 0 Å². The molecule has 1 amide bonds. The van der Waals surface area contributed by atoms with Crippen molar-refractivity contribution >= 4 is 11.6 Å². The Bertz CT molecular complexity index is 1090. The highest BCUT2D eigenvalue weighted by Crippen LogP contribution is 2.51. The van der Waals surface area contributed by atoms with E-state index in [1.54, 1.807) is 0 Å². The fourth-order valence-electron chi connectivity index (χ4n) is 7.59. The maximum atomic E-state index is 12.8. The molecule has 2 saturated heterocycles. The molecule has 0 saturated carbocycles. The third kappa shape index (κ3) is 3.47. The monoisotopic (exact) mass is 459 g/mol. The van der Waals surface area contributed by atoms with Gasteiger partial charge in [0.25, 0.3) is 0 Å². The number of nitrogens with zero attached hydrogens (tertiary/aromatic N) is 3. The Labute approximate surface area is 203 Å². The normalized spacial score (nSPS) is 29.8. The van der Waals surface area contributed by atoms with Gasteiger partial charge in [0.05, 0.1) is 6.42 Å². The Morgan fingerprint density at radius 3 is 2.68 bits per heavy atom. The second kappa shape index (κ2) is 8.39. The largest absolute Gasteiger partial charge is 0.508 e. The number of likely N-dealkylation sites (tertiary alicyclic amines) is 2. The molecule has 5 heteroatoms. The maximum Gasteiger partial charge on any atom is 0.231 e. The predicted molar refractivity (Wildman–Crippen MR) is 135 cm³/mol. The number of hydrogen-bond acceptors (Lipinski definition) is 4. The van der Waals surface area contributed by atoms with Gasteiger partial charge in [-0.1, -0.05) is 31.2 Å². The molecule has 5 nitrogen and oxygen atoms in total. The number of fused-ring (bicyclic) bond motifs is 5. The number of hydrogen-bond donors (Lipinski definition) is 1. The number of aromatic hydroxyl groups is 1. The van der Waals surface area contributed by atoms with E-state index in [1.807, 2.05) is 12.1 Å². The molecule has 3 atom stereocenters. The van der Waals surface area contributed by atoms with E-state index < -0.39 is 0 Å². The average molecular weight is 460 g/mol. The summed E-state index contributed by atoms with van der Waals surface area (Å²) in [6.07, 6.45) is 6.04. The van der Waals surface area contributed by atoms with Gasteiger partial charge in [0, 0.05) is 36.3 Å². The van der Waals surface area contributed by atoms with Crippen molar-refractivity contribution < 1.29 is 9.90 Å². The third-order valence-corrected chi connectivity index (χ3v) is 9.64. The molecule has 0 radical (unpaired) electrons.